The van der Waals surface area contributed by atoms with Gasteiger partial charge in [-0.15, -0.1) is 0 Å². The molecule has 0 amide bonds. The Morgan fingerprint density at radius 1 is 0.902 bits per heavy atom. The molecule has 1 unspecified atom stereocenters. The van der Waals surface area contributed by atoms with Gasteiger partial charge in [0, 0.05) is 11.4 Å². The van der Waals surface area contributed by atoms with Crippen molar-refractivity contribution < 1.29 is 32.2 Å². The number of nitrogens with two attached hydrogens (primary N) is 1. The van der Waals surface area contributed by atoms with Crippen LogP contribution in [0, 0.1) is 11.3 Å². The Labute approximate surface area is 237 Å². The molecule has 0 spiro atoms. The molecule has 11 nitrogen and oxygen atoms in total. The highest BCUT2D eigenvalue weighted by atomic mass is 32.2. The molecule has 1 aliphatic heterocycles. The smallest absolute Gasteiger partial charge is 0.355 e. The van der Waals surface area contributed by atoms with Gasteiger partial charge in [0.1, 0.15) is 17.3 Å². The van der Waals surface area contributed by atoms with E-state index in [0.29, 0.717) is 17.0 Å². The zero-order valence-electron chi connectivity index (χ0n) is 22.3. The van der Waals surface area contributed by atoms with Crippen molar-refractivity contribution in [1.29, 1.82) is 5.26 Å². The molecule has 0 bridgehead atoms. The van der Waals surface area contributed by atoms with Crippen LogP contribution < -0.4 is 20.1 Å². The summed E-state index contributed by atoms with van der Waals surface area (Å²) in [6.45, 7) is 0. The number of benzene rings is 3. The standard InChI is InChI=1S/C29H26N4O7S/c1-38-21-13-9-19(10-14-21)32-41(36,37)22-15-11-20(12-16-22)33-26(29(35)40-3)25(28(34)39-2)24(23(17-30)27(33)31)18-7-5-4-6-8-18/h4-16,24,32H,31H2,1-3H3. The Kier molecular flexibility index (Phi) is 8.30. The minimum atomic E-state index is -4.00. The molecule has 4 rings (SSSR count). The Balaban J connectivity index is 1.83. The van der Waals surface area contributed by atoms with E-state index in [1.54, 1.807) is 54.6 Å². The van der Waals surface area contributed by atoms with Gasteiger partial charge in [-0.05, 0) is 54.1 Å². The molecule has 1 aliphatic rings. The fraction of sp³-hybridized carbons (Fsp3) is 0.138. The lowest BCUT2D eigenvalue weighted by Crippen LogP contribution is -2.40. The van der Waals surface area contributed by atoms with E-state index in [-0.39, 0.29) is 33.2 Å². The summed E-state index contributed by atoms with van der Waals surface area (Å²) >= 11 is 0. The van der Waals surface area contributed by atoms with Gasteiger partial charge in [-0.3, -0.25) is 9.62 Å². The van der Waals surface area contributed by atoms with Crippen LogP contribution in [-0.4, -0.2) is 41.7 Å². The third kappa shape index (κ3) is 5.57. The van der Waals surface area contributed by atoms with E-state index in [4.69, 9.17) is 19.9 Å². The summed E-state index contributed by atoms with van der Waals surface area (Å²) in [5.74, 6) is -2.37. The number of nitriles is 1. The molecular formula is C29H26N4O7S. The maximum atomic E-state index is 13.2. The molecule has 12 heteroatoms. The fourth-order valence-corrected chi connectivity index (χ4v) is 5.49. The second-order valence-corrected chi connectivity index (χ2v) is 10.3. The second kappa shape index (κ2) is 11.8. The van der Waals surface area contributed by atoms with Crippen LogP contribution >= 0.6 is 0 Å². The van der Waals surface area contributed by atoms with Gasteiger partial charge in [0.05, 0.1) is 49.4 Å². The molecule has 1 atom stereocenters. The number of hydrogen-bond acceptors (Lipinski definition) is 10. The number of anilines is 2. The third-order valence-electron chi connectivity index (χ3n) is 6.36. The van der Waals surface area contributed by atoms with E-state index in [1.807, 2.05) is 0 Å². The zero-order valence-corrected chi connectivity index (χ0v) is 23.1. The molecule has 0 aromatic heterocycles. The highest BCUT2D eigenvalue weighted by Gasteiger charge is 2.43. The molecule has 0 fully saturated rings. The number of rotatable bonds is 8. The number of esters is 2. The third-order valence-corrected chi connectivity index (χ3v) is 7.75. The van der Waals surface area contributed by atoms with Crippen LogP contribution in [0.3, 0.4) is 0 Å². The van der Waals surface area contributed by atoms with Crippen LogP contribution in [0.25, 0.3) is 0 Å². The number of sulfonamides is 1. The molecule has 41 heavy (non-hydrogen) atoms. The minimum Gasteiger partial charge on any atom is -0.497 e. The molecule has 3 aromatic carbocycles. The zero-order chi connectivity index (χ0) is 29.7. The van der Waals surface area contributed by atoms with Crippen LogP contribution in [0.15, 0.2) is 106 Å². The van der Waals surface area contributed by atoms with Gasteiger partial charge in [0.2, 0.25) is 0 Å². The number of allylic oxidation sites excluding steroid dienone is 1. The van der Waals surface area contributed by atoms with E-state index in [1.165, 1.54) is 36.3 Å². The lowest BCUT2D eigenvalue weighted by Gasteiger charge is -2.35. The van der Waals surface area contributed by atoms with Gasteiger partial charge in [0.25, 0.3) is 10.0 Å². The number of carbonyl (C=O) groups is 2. The van der Waals surface area contributed by atoms with Crippen molar-refractivity contribution >= 4 is 33.3 Å². The Hall–Kier alpha value is -5.28. The average molecular weight is 575 g/mol. The van der Waals surface area contributed by atoms with Crippen molar-refractivity contribution in [1.82, 2.24) is 0 Å². The number of hydrogen-bond donors (Lipinski definition) is 2. The highest BCUT2D eigenvalue weighted by molar-refractivity contribution is 7.92. The molecule has 0 saturated carbocycles. The summed E-state index contributed by atoms with van der Waals surface area (Å²) in [5, 5.41) is 10.1. The lowest BCUT2D eigenvalue weighted by molar-refractivity contribution is -0.139. The van der Waals surface area contributed by atoms with E-state index < -0.39 is 27.9 Å². The van der Waals surface area contributed by atoms with E-state index in [2.05, 4.69) is 10.8 Å². The second-order valence-electron chi connectivity index (χ2n) is 8.66. The van der Waals surface area contributed by atoms with Crippen molar-refractivity contribution in [3.8, 4) is 11.8 Å². The maximum absolute atomic E-state index is 13.2. The number of nitrogens with one attached hydrogen (secondary N) is 1. The highest BCUT2D eigenvalue weighted by Crippen LogP contribution is 2.43. The first-order valence-corrected chi connectivity index (χ1v) is 13.6. The Morgan fingerprint density at radius 3 is 2.05 bits per heavy atom. The van der Waals surface area contributed by atoms with Crippen LogP contribution in [0.5, 0.6) is 5.75 Å². The molecule has 0 saturated heterocycles. The monoisotopic (exact) mass is 574 g/mol. The molecule has 3 aromatic rings. The summed E-state index contributed by atoms with van der Waals surface area (Å²) in [4.78, 5) is 27.4. The van der Waals surface area contributed by atoms with Crippen LogP contribution in [0.1, 0.15) is 11.5 Å². The van der Waals surface area contributed by atoms with Crippen molar-refractivity contribution in [2.45, 2.75) is 10.8 Å². The number of ether oxygens (including phenoxy) is 3. The molecule has 210 valence electrons. The van der Waals surface area contributed by atoms with Crippen LogP contribution in [0.2, 0.25) is 0 Å². The Morgan fingerprint density at radius 2 is 1.51 bits per heavy atom. The van der Waals surface area contributed by atoms with Crippen molar-refractivity contribution in [3.63, 3.8) is 0 Å². The summed E-state index contributed by atoms with van der Waals surface area (Å²) < 4.78 is 43.6. The summed E-state index contributed by atoms with van der Waals surface area (Å²) in [5.41, 5.74) is 7.09. The molecule has 1 heterocycles. The van der Waals surface area contributed by atoms with Crippen molar-refractivity contribution in [3.05, 3.63) is 107 Å². The van der Waals surface area contributed by atoms with Gasteiger partial charge < -0.3 is 19.9 Å². The van der Waals surface area contributed by atoms with E-state index in [9.17, 15) is 23.3 Å². The van der Waals surface area contributed by atoms with Crippen LogP contribution in [0.4, 0.5) is 11.4 Å². The summed E-state index contributed by atoms with van der Waals surface area (Å²) in [7, 11) is -0.207. The maximum Gasteiger partial charge on any atom is 0.355 e. The van der Waals surface area contributed by atoms with Gasteiger partial charge in [-0.1, -0.05) is 30.3 Å². The van der Waals surface area contributed by atoms with E-state index >= 15 is 0 Å². The van der Waals surface area contributed by atoms with Gasteiger partial charge >= 0.3 is 11.9 Å². The quantitative estimate of drug-likeness (QED) is 0.382. The largest absolute Gasteiger partial charge is 0.497 e. The molecule has 3 N–H and O–H groups in total. The first-order valence-electron chi connectivity index (χ1n) is 12.1. The predicted molar refractivity (Wildman–Crippen MR) is 150 cm³/mol. The first-order chi connectivity index (χ1) is 19.7. The number of carbonyl (C=O) groups excluding carboxylic acids is 2. The summed E-state index contributed by atoms with van der Waals surface area (Å²) in [6, 6.07) is 22.4. The SMILES string of the molecule is COC(=O)C1=C(C(=O)OC)N(c2ccc(S(=O)(=O)Nc3ccc(OC)cc3)cc2)C(N)=C(C#N)C1c1ccccc1. The van der Waals surface area contributed by atoms with Gasteiger partial charge in [-0.25, -0.2) is 18.0 Å². The van der Waals surface area contributed by atoms with Crippen molar-refractivity contribution in [2.24, 2.45) is 5.73 Å². The minimum absolute atomic E-state index is 0.0119. The molecule has 0 radical (unpaired) electrons. The summed E-state index contributed by atoms with van der Waals surface area (Å²) in [6.07, 6.45) is 0. The van der Waals surface area contributed by atoms with Crippen molar-refractivity contribution in [2.75, 3.05) is 31.0 Å². The lowest BCUT2D eigenvalue weighted by atomic mass is 9.81. The van der Waals surface area contributed by atoms with Gasteiger partial charge in [-0.2, -0.15) is 5.26 Å². The van der Waals surface area contributed by atoms with E-state index in [0.717, 1.165) is 14.2 Å². The molecular weight excluding hydrogens is 548 g/mol. The fourth-order valence-electron chi connectivity index (χ4n) is 4.43. The Bertz CT molecular complexity index is 1680. The number of nitrogens with zero attached hydrogens (tertiary/aromatic N) is 2. The number of methoxy groups -OCH3 is 3. The van der Waals surface area contributed by atoms with Gasteiger partial charge in [0.15, 0.2) is 0 Å². The van der Waals surface area contributed by atoms with Crippen LogP contribution in [-0.2, 0) is 29.1 Å². The molecule has 0 aliphatic carbocycles. The predicted octanol–water partition coefficient (Wildman–Crippen LogP) is 3.39. The average Bonchev–Trinajstić information content (AvgIpc) is 3.00. The first kappa shape index (κ1) is 28.7. The normalized spacial score (nSPS) is 15.2. The topological polar surface area (TPSA) is 161 Å².